The second-order valence-electron chi connectivity index (χ2n) is 6.14. The standard InChI is InChI=1S/C15H23F3N2S/c1-11(2)7-19-8-13-5-6-14(21-13)9-20(12-3-4-12)10-15(16,17)18/h5-6,11-12,19H,3-4,7-10H2,1-2H3. The van der Waals surface area contributed by atoms with Crippen molar-refractivity contribution in [1.82, 2.24) is 10.2 Å². The third kappa shape index (κ3) is 6.36. The Morgan fingerprint density at radius 1 is 1.29 bits per heavy atom. The minimum Gasteiger partial charge on any atom is -0.312 e. The molecule has 2 rings (SSSR count). The van der Waals surface area contributed by atoms with Gasteiger partial charge in [-0.2, -0.15) is 13.2 Å². The predicted octanol–water partition coefficient (Wildman–Crippen LogP) is 4.02. The van der Waals surface area contributed by atoms with E-state index in [1.165, 1.54) is 4.88 Å². The van der Waals surface area contributed by atoms with Gasteiger partial charge < -0.3 is 5.32 Å². The molecule has 1 fully saturated rings. The number of alkyl halides is 3. The van der Waals surface area contributed by atoms with Crippen molar-refractivity contribution in [2.24, 2.45) is 5.92 Å². The maximum absolute atomic E-state index is 12.6. The van der Waals surface area contributed by atoms with Crippen LogP contribution in [0.5, 0.6) is 0 Å². The monoisotopic (exact) mass is 320 g/mol. The van der Waals surface area contributed by atoms with Gasteiger partial charge in [-0.05, 0) is 37.4 Å². The fraction of sp³-hybridized carbons (Fsp3) is 0.733. The molecule has 0 saturated heterocycles. The van der Waals surface area contributed by atoms with E-state index in [1.807, 2.05) is 12.1 Å². The first kappa shape index (κ1) is 16.8. The normalized spacial score (nSPS) is 16.1. The highest BCUT2D eigenvalue weighted by atomic mass is 32.1. The topological polar surface area (TPSA) is 15.3 Å². The van der Waals surface area contributed by atoms with Crippen molar-refractivity contribution in [1.29, 1.82) is 0 Å². The van der Waals surface area contributed by atoms with Gasteiger partial charge in [-0.25, -0.2) is 0 Å². The van der Waals surface area contributed by atoms with Crippen molar-refractivity contribution in [3.8, 4) is 0 Å². The van der Waals surface area contributed by atoms with E-state index in [0.29, 0.717) is 12.5 Å². The van der Waals surface area contributed by atoms with Crippen LogP contribution in [0.1, 0.15) is 36.4 Å². The lowest BCUT2D eigenvalue weighted by Crippen LogP contribution is -2.35. The Balaban J connectivity index is 1.85. The van der Waals surface area contributed by atoms with E-state index in [4.69, 9.17) is 0 Å². The molecule has 0 aromatic carbocycles. The maximum atomic E-state index is 12.6. The van der Waals surface area contributed by atoms with Crippen molar-refractivity contribution in [3.05, 3.63) is 21.9 Å². The molecular weight excluding hydrogens is 297 g/mol. The first-order valence-corrected chi connectivity index (χ1v) is 8.24. The Kier molecular flexibility index (Phi) is 5.68. The van der Waals surface area contributed by atoms with Crippen LogP contribution in [-0.2, 0) is 13.1 Å². The molecule has 1 heterocycles. The average molecular weight is 320 g/mol. The van der Waals surface area contributed by atoms with Gasteiger partial charge in [0.2, 0.25) is 0 Å². The highest BCUT2D eigenvalue weighted by Crippen LogP contribution is 2.32. The van der Waals surface area contributed by atoms with Crippen molar-refractivity contribution in [2.75, 3.05) is 13.1 Å². The summed E-state index contributed by atoms with van der Waals surface area (Å²) in [6, 6.07) is 4.10. The Bertz CT molecular complexity index is 438. The van der Waals surface area contributed by atoms with E-state index >= 15 is 0 Å². The van der Waals surface area contributed by atoms with Crippen LogP contribution in [0.4, 0.5) is 13.2 Å². The SMILES string of the molecule is CC(C)CNCc1ccc(CN(CC(F)(F)F)C2CC2)s1. The number of hydrogen-bond donors (Lipinski definition) is 1. The van der Waals surface area contributed by atoms with Crippen LogP contribution in [0.15, 0.2) is 12.1 Å². The summed E-state index contributed by atoms with van der Waals surface area (Å²) in [5, 5.41) is 3.36. The molecule has 1 aromatic heterocycles. The molecule has 1 aromatic rings. The van der Waals surface area contributed by atoms with Crippen LogP contribution in [0, 0.1) is 5.92 Å². The summed E-state index contributed by atoms with van der Waals surface area (Å²) >= 11 is 1.61. The first-order chi connectivity index (χ1) is 9.83. The van der Waals surface area contributed by atoms with E-state index in [0.717, 1.165) is 30.8 Å². The summed E-state index contributed by atoms with van der Waals surface area (Å²) in [6.45, 7) is 5.67. The molecule has 1 aliphatic carbocycles. The van der Waals surface area contributed by atoms with E-state index < -0.39 is 12.7 Å². The van der Waals surface area contributed by atoms with E-state index in [-0.39, 0.29) is 6.04 Å². The molecule has 1 aliphatic rings. The molecule has 21 heavy (non-hydrogen) atoms. The van der Waals surface area contributed by atoms with Gasteiger partial charge in [0.25, 0.3) is 0 Å². The van der Waals surface area contributed by atoms with Crippen molar-refractivity contribution >= 4 is 11.3 Å². The van der Waals surface area contributed by atoms with Crippen molar-refractivity contribution in [3.63, 3.8) is 0 Å². The molecule has 0 radical (unpaired) electrons. The number of halogens is 3. The summed E-state index contributed by atoms with van der Waals surface area (Å²) in [4.78, 5) is 3.78. The number of hydrogen-bond acceptors (Lipinski definition) is 3. The zero-order chi connectivity index (χ0) is 15.5. The summed E-state index contributed by atoms with van der Waals surface area (Å²) in [7, 11) is 0. The molecule has 0 bridgehead atoms. The zero-order valence-electron chi connectivity index (χ0n) is 12.5. The summed E-state index contributed by atoms with van der Waals surface area (Å²) in [5.41, 5.74) is 0. The lowest BCUT2D eigenvalue weighted by molar-refractivity contribution is -0.148. The van der Waals surface area contributed by atoms with Crippen LogP contribution < -0.4 is 5.32 Å². The van der Waals surface area contributed by atoms with Gasteiger partial charge in [0.15, 0.2) is 0 Å². The minimum absolute atomic E-state index is 0.122. The maximum Gasteiger partial charge on any atom is 0.401 e. The number of thiophene rings is 1. The van der Waals surface area contributed by atoms with Gasteiger partial charge in [0.1, 0.15) is 0 Å². The largest absolute Gasteiger partial charge is 0.401 e. The number of nitrogens with one attached hydrogen (secondary N) is 1. The first-order valence-electron chi connectivity index (χ1n) is 7.42. The number of nitrogens with zero attached hydrogens (tertiary/aromatic N) is 1. The van der Waals surface area contributed by atoms with E-state index in [9.17, 15) is 13.2 Å². The van der Waals surface area contributed by atoms with Crippen LogP contribution in [0.3, 0.4) is 0 Å². The second kappa shape index (κ2) is 7.11. The Morgan fingerprint density at radius 2 is 1.95 bits per heavy atom. The van der Waals surface area contributed by atoms with Crippen LogP contribution in [0.2, 0.25) is 0 Å². The smallest absolute Gasteiger partial charge is 0.312 e. The van der Waals surface area contributed by atoms with Crippen molar-refractivity contribution in [2.45, 2.75) is 52.0 Å². The fourth-order valence-corrected chi connectivity index (χ4v) is 3.28. The molecule has 120 valence electrons. The summed E-state index contributed by atoms with van der Waals surface area (Å²) < 4.78 is 37.8. The molecule has 1 N–H and O–H groups in total. The summed E-state index contributed by atoms with van der Waals surface area (Å²) in [5.74, 6) is 0.599. The second-order valence-corrected chi connectivity index (χ2v) is 7.40. The van der Waals surface area contributed by atoms with Gasteiger partial charge in [0, 0.05) is 28.9 Å². The fourth-order valence-electron chi connectivity index (χ4n) is 2.27. The van der Waals surface area contributed by atoms with Gasteiger partial charge in [-0.3, -0.25) is 4.90 Å². The van der Waals surface area contributed by atoms with Crippen molar-refractivity contribution < 1.29 is 13.2 Å². The van der Waals surface area contributed by atoms with Gasteiger partial charge >= 0.3 is 6.18 Å². The Hall–Kier alpha value is -0.590. The molecular formula is C15H23F3N2S. The van der Waals surface area contributed by atoms with Crippen LogP contribution in [0.25, 0.3) is 0 Å². The van der Waals surface area contributed by atoms with E-state index in [2.05, 4.69) is 19.2 Å². The van der Waals surface area contributed by atoms with Gasteiger partial charge in [-0.1, -0.05) is 13.8 Å². The summed E-state index contributed by atoms with van der Waals surface area (Å²) in [6.07, 6.45) is -2.32. The Labute approximate surface area is 128 Å². The molecule has 1 saturated carbocycles. The molecule has 0 spiro atoms. The van der Waals surface area contributed by atoms with E-state index in [1.54, 1.807) is 16.2 Å². The minimum atomic E-state index is -4.11. The number of rotatable bonds is 8. The lowest BCUT2D eigenvalue weighted by Gasteiger charge is -2.22. The molecule has 0 atom stereocenters. The van der Waals surface area contributed by atoms with Crippen LogP contribution in [-0.4, -0.2) is 30.2 Å². The highest BCUT2D eigenvalue weighted by molar-refractivity contribution is 7.11. The molecule has 0 amide bonds. The third-order valence-corrected chi connectivity index (χ3v) is 4.44. The van der Waals surface area contributed by atoms with Gasteiger partial charge in [0.05, 0.1) is 6.54 Å². The van der Waals surface area contributed by atoms with Gasteiger partial charge in [-0.15, -0.1) is 11.3 Å². The quantitative estimate of drug-likeness (QED) is 0.778. The average Bonchev–Trinajstić information content (AvgIpc) is 3.09. The van der Waals surface area contributed by atoms with Crippen LogP contribution >= 0.6 is 11.3 Å². The lowest BCUT2D eigenvalue weighted by atomic mass is 10.2. The highest BCUT2D eigenvalue weighted by Gasteiger charge is 2.38. The molecule has 0 unspecified atom stereocenters. The predicted molar refractivity (Wildman–Crippen MR) is 80.4 cm³/mol. The molecule has 0 aliphatic heterocycles. The molecule has 6 heteroatoms. The Morgan fingerprint density at radius 3 is 2.52 bits per heavy atom. The third-order valence-electron chi connectivity index (χ3n) is 3.37. The zero-order valence-corrected chi connectivity index (χ0v) is 13.4. The molecule has 2 nitrogen and oxygen atoms in total.